The molecule has 0 N–H and O–H groups in total. The van der Waals surface area contributed by atoms with E-state index in [9.17, 15) is 9.59 Å². The van der Waals surface area contributed by atoms with Crippen molar-refractivity contribution in [1.82, 2.24) is 4.90 Å². The van der Waals surface area contributed by atoms with Gasteiger partial charge in [0.25, 0.3) is 5.91 Å². The summed E-state index contributed by atoms with van der Waals surface area (Å²) in [5, 5.41) is 0.580. The number of carbonyl (C=O) groups excluding carboxylic acids is 2. The Morgan fingerprint density at radius 1 is 0.966 bits per heavy atom. The van der Waals surface area contributed by atoms with Crippen LogP contribution in [0.4, 0.5) is 5.69 Å². The van der Waals surface area contributed by atoms with E-state index in [1.807, 2.05) is 24.3 Å². The molecule has 1 saturated heterocycles. The van der Waals surface area contributed by atoms with Crippen LogP contribution >= 0.6 is 11.6 Å². The van der Waals surface area contributed by atoms with Crippen LogP contribution in [-0.4, -0.2) is 63.3 Å². The van der Waals surface area contributed by atoms with Crippen LogP contribution in [-0.2, 0) is 14.3 Å². The van der Waals surface area contributed by atoms with Gasteiger partial charge in [-0.1, -0.05) is 23.7 Å². The summed E-state index contributed by atoms with van der Waals surface area (Å²) in [4.78, 5) is 28.0. The van der Waals surface area contributed by atoms with Crippen LogP contribution in [0.1, 0.15) is 0 Å². The van der Waals surface area contributed by atoms with E-state index >= 15 is 0 Å². The average Bonchev–Trinajstić information content (AvgIpc) is 2.77. The van der Waals surface area contributed by atoms with E-state index in [4.69, 9.17) is 25.8 Å². The van der Waals surface area contributed by atoms with Crippen LogP contribution in [0.5, 0.6) is 11.5 Å². The number of nitrogens with zero attached hydrogens (tertiary/aromatic N) is 2. The van der Waals surface area contributed by atoms with Gasteiger partial charge in [0.05, 0.1) is 12.8 Å². The number of para-hydroxylation sites is 2. The number of halogens is 1. The molecule has 29 heavy (non-hydrogen) atoms. The molecule has 0 atom stereocenters. The summed E-state index contributed by atoms with van der Waals surface area (Å²) in [7, 11) is 1.64. The summed E-state index contributed by atoms with van der Waals surface area (Å²) in [6.07, 6.45) is 0. The van der Waals surface area contributed by atoms with Crippen LogP contribution in [0.25, 0.3) is 0 Å². The van der Waals surface area contributed by atoms with Gasteiger partial charge < -0.3 is 24.0 Å². The summed E-state index contributed by atoms with van der Waals surface area (Å²) >= 11 is 5.79. The second-order valence-corrected chi connectivity index (χ2v) is 6.88. The highest BCUT2D eigenvalue weighted by Crippen LogP contribution is 2.28. The van der Waals surface area contributed by atoms with Crippen molar-refractivity contribution in [2.45, 2.75) is 0 Å². The molecular weight excluding hydrogens is 396 g/mol. The molecule has 0 aliphatic carbocycles. The Labute approximate surface area is 174 Å². The fourth-order valence-electron chi connectivity index (χ4n) is 3.04. The van der Waals surface area contributed by atoms with Crippen molar-refractivity contribution in [3.8, 4) is 11.5 Å². The van der Waals surface area contributed by atoms with E-state index in [1.54, 1.807) is 36.3 Å². The number of ether oxygens (including phenoxy) is 3. The maximum atomic E-state index is 12.3. The number of benzene rings is 2. The minimum absolute atomic E-state index is 0.218. The van der Waals surface area contributed by atoms with E-state index in [0.29, 0.717) is 37.0 Å². The van der Waals surface area contributed by atoms with Crippen molar-refractivity contribution in [3.05, 3.63) is 53.6 Å². The molecule has 0 bridgehead atoms. The minimum Gasteiger partial charge on any atom is -0.495 e. The van der Waals surface area contributed by atoms with Gasteiger partial charge in [-0.2, -0.15) is 0 Å². The first kappa shape index (κ1) is 20.8. The summed E-state index contributed by atoms with van der Waals surface area (Å²) in [6.45, 7) is 1.90. The van der Waals surface area contributed by atoms with Crippen LogP contribution in [0.15, 0.2) is 48.5 Å². The molecule has 0 saturated carbocycles. The largest absolute Gasteiger partial charge is 0.495 e. The Morgan fingerprint density at radius 3 is 2.34 bits per heavy atom. The molecule has 1 aliphatic heterocycles. The first-order chi connectivity index (χ1) is 14.1. The third-order valence-corrected chi connectivity index (χ3v) is 4.84. The highest BCUT2D eigenvalue weighted by Gasteiger charge is 2.23. The molecule has 2 aromatic rings. The number of rotatable bonds is 7. The molecule has 3 rings (SSSR count). The normalized spacial score (nSPS) is 13.7. The second kappa shape index (κ2) is 10.0. The zero-order valence-corrected chi connectivity index (χ0v) is 16.9. The Balaban J connectivity index is 1.40. The van der Waals surface area contributed by atoms with Gasteiger partial charge in [-0.25, -0.2) is 4.79 Å². The zero-order chi connectivity index (χ0) is 20.6. The van der Waals surface area contributed by atoms with Gasteiger partial charge in [0, 0.05) is 31.2 Å². The van der Waals surface area contributed by atoms with Crippen LogP contribution in [0.3, 0.4) is 0 Å². The fourth-order valence-corrected chi connectivity index (χ4v) is 3.16. The smallest absolute Gasteiger partial charge is 0.344 e. The first-order valence-electron chi connectivity index (χ1n) is 9.26. The lowest BCUT2D eigenvalue weighted by atomic mass is 10.2. The topological polar surface area (TPSA) is 68.3 Å². The van der Waals surface area contributed by atoms with E-state index in [1.165, 1.54) is 0 Å². The van der Waals surface area contributed by atoms with Crippen molar-refractivity contribution in [1.29, 1.82) is 0 Å². The molecule has 1 fully saturated rings. The highest BCUT2D eigenvalue weighted by atomic mass is 35.5. The summed E-state index contributed by atoms with van der Waals surface area (Å²) in [5.74, 6) is 0.498. The van der Waals surface area contributed by atoms with E-state index in [-0.39, 0.29) is 19.1 Å². The van der Waals surface area contributed by atoms with E-state index < -0.39 is 5.97 Å². The molecule has 1 heterocycles. The molecule has 1 amide bonds. The number of carbonyl (C=O) groups is 2. The van der Waals surface area contributed by atoms with Gasteiger partial charge in [0.15, 0.2) is 13.2 Å². The maximum Gasteiger partial charge on any atom is 0.344 e. The quantitative estimate of drug-likeness (QED) is 0.644. The van der Waals surface area contributed by atoms with Gasteiger partial charge in [-0.3, -0.25) is 4.79 Å². The number of methoxy groups -OCH3 is 1. The summed E-state index contributed by atoms with van der Waals surface area (Å²) < 4.78 is 15.7. The number of anilines is 1. The van der Waals surface area contributed by atoms with Crippen molar-refractivity contribution in [2.24, 2.45) is 0 Å². The SMILES string of the molecule is COc1ccccc1N1CCN(C(=O)COC(=O)COc2ccc(Cl)cc2)CC1. The van der Waals surface area contributed by atoms with Gasteiger partial charge in [-0.15, -0.1) is 0 Å². The Morgan fingerprint density at radius 2 is 1.66 bits per heavy atom. The van der Waals surface area contributed by atoms with Crippen LogP contribution < -0.4 is 14.4 Å². The number of hydrogen-bond acceptors (Lipinski definition) is 6. The average molecular weight is 419 g/mol. The summed E-state index contributed by atoms with van der Waals surface area (Å²) in [5.41, 5.74) is 1.01. The molecule has 0 unspecified atom stereocenters. The molecule has 2 aromatic carbocycles. The predicted octanol–water partition coefficient (Wildman–Crippen LogP) is 2.62. The molecule has 8 heteroatoms. The number of esters is 1. The van der Waals surface area contributed by atoms with E-state index in [2.05, 4.69) is 4.90 Å². The summed E-state index contributed by atoms with van der Waals surface area (Å²) in [6, 6.07) is 14.4. The molecule has 154 valence electrons. The van der Waals surface area contributed by atoms with Crippen molar-refractivity contribution < 1.29 is 23.8 Å². The molecule has 0 radical (unpaired) electrons. The van der Waals surface area contributed by atoms with E-state index in [0.717, 1.165) is 11.4 Å². The van der Waals surface area contributed by atoms with Crippen LogP contribution in [0, 0.1) is 0 Å². The fraction of sp³-hybridized carbons (Fsp3) is 0.333. The number of amides is 1. The van der Waals surface area contributed by atoms with Crippen molar-refractivity contribution >= 4 is 29.2 Å². The van der Waals surface area contributed by atoms with Gasteiger partial charge in [0.1, 0.15) is 11.5 Å². The lowest BCUT2D eigenvalue weighted by Crippen LogP contribution is -2.50. The Bertz CT molecular complexity index is 835. The van der Waals surface area contributed by atoms with Gasteiger partial charge in [0.2, 0.25) is 0 Å². The third kappa shape index (κ3) is 5.77. The first-order valence-corrected chi connectivity index (χ1v) is 9.64. The maximum absolute atomic E-state index is 12.3. The molecular formula is C21H23ClN2O5. The standard InChI is InChI=1S/C21H23ClN2O5/c1-27-19-5-3-2-4-18(19)23-10-12-24(13-11-23)20(25)14-29-21(26)15-28-17-8-6-16(22)7-9-17/h2-9H,10-15H2,1H3. The van der Waals surface area contributed by atoms with Gasteiger partial charge >= 0.3 is 5.97 Å². The minimum atomic E-state index is -0.596. The molecule has 7 nitrogen and oxygen atoms in total. The van der Waals surface area contributed by atoms with Crippen LogP contribution in [0.2, 0.25) is 5.02 Å². The third-order valence-electron chi connectivity index (χ3n) is 4.59. The lowest BCUT2D eigenvalue weighted by molar-refractivity contribution is -0.153. The lowest BCUT2D eigenvalue weighted by Gasteiger charge is -2.36. The Kier molecular flexibility index (Phi) is 7.19. The number of piperazine rings is 1. The molecule has 0 aromatic heterocycles. The van der Waals surface area contributed by atoms with Crippen molar-refractivity contribution in [3.63, 3.8) is 0 Å². The Hall–Kier alpha value is -2.93. The zero-order valence-electron chi connectivity index (χ0n) is 16.2. The van der Waals surface area contributed by atoms with Gasteiger partial charge in [-0.05, 0) is 36.4 Å². The molecule has 1 aliphatic rings. The monoisotopic (exact) mass is 418 g/mol. The number of hydrogen-bond donors (Lipinski definition) is 0. The second-order valence-electron chi connectivity index (χ2n) is 6.44. The predicted molar refractivity (Wildman–Crippen MR) is 110 cm³/mol. The van der Waals surface area contributed by atoms with Crippen molar-refractivity contribution in [2.75, 3.05) is 51.4 Å². The highest BCUT2D eigenvalue weighted by molar-refractivity contribution is 6.30. The molecule has 0 spiro atoms.